The summed E-state index contributed by atoms with van der Waals surface area (Å²) in [7, 11) is 0. The summed E-state index contributed by atoms with van der Waals surface area (Å²) < 4.78 is 16.5. The van der Waals surface area contributed by atoms with Crippen LogP contribution in [0.4, 0.5) is 10.1 Å². The van der Waals surface area contributed by atoms with Gasteiger partial charge in [0.15, 0.2) is 0 Å². The summed E-state index contributed by atoms with van der Waals surface area (Å²) in [5, 5.41) is 7.54. The molecule has 1 fully saturated rings. The molecule has 1 amide bonds. The van der Waals surface area contributed by atoms with E-state index in [-0.39, 0.29) is 11.6 Å². The van der Waals surface area contributed by atoms with Crippen molar-refractivity contribution >= 4 is 17.1 Å². The van der Waals surface area contributed by atoms with Crippen molar-refractivity contribution in [3.05, 3.63) is 47.9 Å². The van der Waals surface area contributed by atoms with Crippen LogP contribution in [-0.4, -0.2) is 32.2 Å². The van der Waals surface area contributed by atoms with Gasteiger partial charge in [0.2, 0.25) is 0 Å². The fourth-order valence-corrected chi connectivity index (χ4v) is 3.75. The lowest BCUT2D eigenvalue weighted by molar-refractivity contribution is 0.1000. The summed E-state index contributed by atoms with van der Waals surface area (Å²) in [6, 6.07) is 5.43. The molecule has 1 aliphatic rings. The summed E-state index contributed by atoms with van der Waals surface area (Å²) in [5.74, 6) is -0.595. The maximum Gasteiger partial charge on any atom is 0.252 e. The van der Waals surface area contributed by atoms with Crippen LogP contribution in [0, 0.1) is 6.92 Å². The number of amides is 1. The lowest BCUT2D eigenvalue weighted by Crippen LogP contribution is -2.36. The van der Waals surface area contributed by atoms with E-state index in [1.165, 1.54) is 6.20 Å². The van der Waals surface area contributed by atoms with Crippen LogP contribution >= 0.6 is 0 Å². The number of carbonyl (C=O) groups is 1. The molecule has 1 saturated carbocycles. The van der Waals surface area contributed by atoms with E-state index in [1.807, 2.05) is 31.3 Å². The number of anilines is 1. The molecule has 3 aromatic rings. The molecule has 0 bridgehead atoms. The Labute approximate surface area is 156 Å². The molecule has 2 atom stereocenters. The number of alkyl halides is 1. The van der Waals surface area contributed by atoms with E-state index in [9.17, 15) is 9.18 Å². The molecule has 7 heteroatoms. The standard InChI is InChI=1S/C20H22FN5O/c1-12-5-7-23-15(8-12)13-9-16-18(25-17-4-3-6-20(17,2)21)14(19(22)27)10-24-26(16)11-13/h5,7-11,17,25H,3-4,6H2,1-2H3,(H2,22,27)/t17-,20+/m1/s1. The fraction of sp³-hybridized carbons (Fsp3) is 0.350. The number of carbonyl (C=O) groups excluding carboxylic acids is 1. The zero-order valence-electron chi connectivity index (χ0n) is 15.4. The molecule has 3 heterocycles. The Hall–Kier alpha value is -2.96. The summed E-state index contributed by atoms with van der Waals surface area (Å²) in [6.45, 7) is 3.60. The molecule has 0 aliphatic heterocycles. The number of hydrogen-bond acceptors (Lipinski definition) is 4. The molecule has 140 valence electrons. The van der Waals surface area contributed by atoms with Crippen LogP contribution in [0.3, 0.4) is 0 Å². The molecule has 0 unspecified atom stereocenters. The highest BCUT2D eigenvalue weighted by molar-refractivity contribution is 6.02. The Balaban J connectivity index is 1.84. The van der Waals surface area contributed by atoms with E-state index in [0.29, 0.717) is 24.0 Å². The average Bonchev–Trinajstić information content (AvgIpc) is 3.18. The molecule has 4 rings (SSSR count). The second-order valence-corrected chi connectivity index (χ2v) is 7.44. The molecule has 0 aromatic carbocycles. The van der Waals surface area contributed by atoms with E-state index >= 15 is 0 Å². The van der Waals surface area contributed by atoms with Crippen LogP contribution in [0.2, 0.25) is 0 Å². The Morgan fingerprint density at radius 2 is 2.26 bits per heavy atom. The Morgan fingerprint density at radius 3 is 2.93 bits per heavy atom. The highest BCUT2D eigenvalue weighted by atomic mass is 19.1. The first-order chi connectivity index (χ1) is 12.8. The maximum absolute atomic E-state index is 14.8. The molecule has 27 heavy (non-hydrogen) atoms. The second kappa shape index (κ2) is 6.33. The Bertz CT molecular complexity index is 1030. The van der Waals surface area contributed by atoms with Crippen molar-refractivity contribution in [2.24, 2.45) is 5.73 Å². The number of hydrogen-bond donors (Lipinski definition) is 2. The number of fused-ring (bicyclic) bond motifs is 1. The van der Waals surface area contributed by atoms with Gasteiger partial charge in [-0.05, 0) is 56.9 Å². The van der Waals surface area contributed by atoms with Gasteiger partial charge in [0.05, 0.1) is 34.7 Å². The summed E-state index contributed by atoms with van der Waals surface area (Å²) in [4.78, 5) is 16.4. The number of aromatic nitrogens is 3. The lowest BCUT2D eigenvalue weighted by atomic mass is 10.0. The van der Waals surface area contributed by atoms with Gasteiger partial charge in [-0.1, -0.05) is 0 Å². The lowest BCUT2D eigenvalue weighted by Gasteiger charge is -2.26. The number of nitrogens with zero attached hydrogens (tertiary/aromatic N) is 3. The van der Waals surface area contributed by atoms with Crippen LogP contribution < -0.4 is 11.1 Å². The predicted molar refractivity (Wildman–Crippen MR) is 102 cm³/mol. The normalized spacial score (nSPS) is 22.3. The average molecular weight is 367 g/mol. The molecule has 0 saturated heterocycles. The maximum atomic E-state index is 14.8. The van der Waals surface area contributed by atoms with Crippen LogP contribution in [-0.2, 0) is 0 Å². The monoisotopic (exact) mass is 367 g/mol. The predicted octanol–water partition coefficient (Wildman–Crippen LogP) is 3.50. The third kappa shape index (κ3) is 3.13. The van der Waals surface area contributed by atoms with Gasteiger partial charge >= 0.3 is 0 Å². The van der Waals surface area contributed by atoms with Gasteiger partial charge in [0.1, 0.15) is 5.67 Å². The zero-order valence-corrected chi connectivity index (χ0v) is 15.4. The largest absolute Gasteiger partial charge is 0.377 e. The van der Waals surface area contributed by atoms with Crippen molar-refractivity contribution < 1.29 is 9.18 Å². The number of halogens is 1. The number of rotatable bonds is 4. The van der Waals surface area contributed by atoms with Crippen LogP contribution in [0.25, 0.3) is 16.8 Å². The van der Waals surface area contributed by atoms with Crippen LogP contribution in [0.5, 0.6) is 0 Å². The van der Waals surface area contributed by atoms with E-state index in [2.05, 4.69) is 15.4 Å². The Kier molecular flexibility index (Phi) is 4.09. The first kappa shape index (κ1) is 17.5. The van der Waals surface area contributed by atoms with Crippen LogP contribution in [0.1, 0.15) is 42.1 Å². The molecular formula is C20H22FN5O. The number of primary amides is 1. The van der Waals surface area contributed by atoms with E-state index in [1.54, 1.807) is 17.6 Å². The third-order valence-corrected chi connectivity index (χ3v) is 5.32. The number of nitrogens with one attached hydrogen (secondary N) is 1. The van der Waals surface area contributed by atoms with Crippen LogP contribution in [0.15, 0.2) is 36.8 Å². The topological polar surface area (TPSA) is 85.3 Å². The minimum absolute atomic E-state index is 0.257. The fourth-order valence-electron chi connectivity index (χ4n) is 3.75. The third-order valence-electron chi connectivity index (χ3n) is 5.32. The number of nitrogens with two attached hydrogens (primary N) is 1. The highest BCUT2D eigenvalue weighted by Crippen LogP contribution is 2.37. The van der Waals surface area contributed by atoms with Crippen molar-refractivity contribution in [2.45, 2.75) is 44.8 Å². The van der Waals surface area contributed by atoms with Gasteiger partial charge in [0, 0.05) is 18.0 Å². The van der Waals surface area contributed by atoms with Crippen molar-refractivity contribution in [1.82, 2.24) is 14.6 Å². The van der Waals surface area contributed by atoms with E-state index in [4.69, 9.17) is 5.73 Å². The number of pyridine rings is 1. The first-order valence-electron chi connectivity index (χ1n) is 9.05. The summed E-state index contributed by atoms with van der Waals surface area (Å²) >= 11 is 0. The molecule has 6 nitrogen and oxygen atoms in total. The summed E-state index contributed by atoms with van der Waals surface area (Å²) in [6.07, 6.45) is 7.02. The smallest absolute Gasteiger partial charge is 0.252 e. The van der Waals surface area contributed by atoms with E-state index < -0.39 is 11.6 Å². The molecule has 1 aliphatic carbocycles. The van der Waals surface area contributed by atoms with Gasteiger partial charge in [0.25, 0.3) is 5.91 Å². The minimum atomic E-state index is -1.33. The molecule has 0 radical (unpaired) electrons. The van der Waals surface area contributed by atoms with Gasteiger partial charge in [-0.25, -0.2) is 8.91 Å². The number of aryl methyl sites for hydroxylation is 1. The highest BCUT2D eigenvalue weighted by Gasteiger charge is 2.39. The van der Waals surface area contributed by atoms with Gasteiger partial charge < -0.3 is 11.1 Å². The quantitative estimate of drug-likeness (QED) is 0.739. The zero-order chi connectivity index (χ0) is 19.2. The molecule has 0 spiro atoms. The van der Waals surface area contributed by atoms with E-state index in [0.717, 1.165) is 23.2 Å². The Morgan fingerprint density at radius 1 is 1.44 bits per heavy atom. The van der Waals surface area contributed by atoms with Crippen molar-refractivity contribution in [3.63, 3.8) is 0 Å². The summed E-state index contributed by atoms with van der Waals surface area (Å²) in [5.41, 5.74) is 8.44. The second-order valence-electron chi connectivity index (χ2n) is 7.44. The van der Waals surface area contributed by atoms with Crippen molar-refractivity contribution in [1.29, 1.82) is 0 Å². The molecule has 3 aromatic heterocycles. The minimum Gasteiger partial charge on any atom is -0.377 e. The molecular weight excluding hydrogens is 345 g/mol. The van der Waals surface area contributed by atoms with Crippen molar-refractivity contribution in [3.8, 4) is 11.3 Å². The SMILES string of the molecule is Cc1ccnc(-c2cc3c(N[C@@H]4CCC[C@]4(C)F)c(C(N)=O)cnn3c2)c1. The van der Waals surface area contributed by atoms with Gasteiger partial charge in [-0.3, -0.25) is 9.78 Å². The van der Waals surface area contributed by atoms with Gasteiger partial charge in [-0.15, -0.1) is 0 Å². The first-order valence-corrected chi connectivity index (χ1v) is 9.05. The van der Waals surface area contributed by atoms with Crippen molar-refractivity contribution in [2.75, 3.05) is 5.32 Å². The van der Waals surface area contributed by atoms with Gasteiger partial charge in [-0.2, -0.15) is 5.10 Å². The molecule has 3 N–H and O–H groups in total.